The molecule has 2 N–H and O–H groups in total. The molecule has 0 radical (unpaired) electrons. The second-order valence-electron chi connectivity index (χ2n) is 6.42. The van der Waals surface area contributed by atoms with Gasteiger partial charge in [-0.25, -0.2) is 4.39 Å². The third kappa shape index (κ3) is 3.54. The number of rotatable bonds is 3. The molecular formula is C17H20ClFN2O3. The molecule has 2 atom stereocenters. The first kappa shape index (κ1) is 17.2. The molecule has 130 valence electrons. The summed E-state index contributed by atoms with van der Waals surface area (Å²) in [5.74, 6) is -1.09. The number of amides is 2. The van der Waals surface area contributed by atoms with Gasteiger partial charge in [-0.05, 0) is 43.4 Å². The largest absolute Gasteiger partial charge is 0.377 e. The average molecular weight is 355 g/mol. The Labute approximate surface area is 144 Å². The van der Waals surface area contributed by atoms with E-state index in [0.29, 0.717) is 26.1 Å². The lowest BCUT2D eigenvalue weighted by atomic mass is 9.84. The number of nitrogens with zero attached hydrogens (tertiary/aromatic N) is 1. The van der Waals surface area contributed by atoms with E-state index < -0.39 is 5.82 Å². The molecule has 0 saturated carbocycles. The number of halogens is 2. The first-order valence-electron chi connectivity index (χ1n) is 8.12. The molecule has 5 nitrogen and oxygen atoms in total. The van der Waals surface area contributed by atoms with Gasteiger partial charge in [-0.3, -0.25) is 9.59 Å². The lowest BCUT2D eigenvalue weighted by Crippen LogP contribution is -2.44. The zero-order chi connectivity index (χ0) is 17.3. The number of carbonyl (C=O) groups is 2. The molecule has 0 spiro atoms. The van der Waals surface area contributed by atoms with Crippen molar-refractivity contribution in [3.8, 4) is 0 Å². The molecular weight excluding hydrogens is 335 g/mol. The summed E-state index contributed by atoms with van der Waals surface area (Å²) in [6.45, 7) is 1.64. The van der Waals surface area contributed by atoms with Crippen LogP contribution in [0, 0.1) is 17.7 Å². The van der Waals surface area contributed by atoms with Crippen LogP contribution in [0.5, 0.6) is 0 Å². The summed E-state index contributed by atoms with van der Waals surface area (Å²) < 4.78 is 19.1. The van der Waals surface area contributed by atoms with Gasteiger partial charge in [0.25, 0.3) is 5.91 Å². The predicted octanol–water partition coefficient (Wildman–Crippen LogP) is 2.22. The smallest absolute Gasteiger partial charge is 0.254 e. The van der Waals surface area contributed by atoms with Crippen molar-refractivity contribution in [2.75, 3.05) is 19.7 Å². The third-order valence-electron chi connectivity index (χ3n) is 4.90. The number of nitrogens with two attached hydrogens (primary N) is 1. The van der Waals surface area contributed by atoms with Gasteiger partial charge in [0.15, 0.2) is 0 Å². The van der Waals surface area contributed by atoms with Gasteiger partial charge in [0.1, 0.15) is 5.82 Å². The summed E-state index contributed by atoms with van der Waals surface area (Å²) in [6, 6.07) is 3.84. The molecule has 24 heavy (non-hydrogen) atoms. The van der Waals surface area contributed by atoms with Crippen molar-refractivity contribution in [1.82, 2.24) is 4.90 Å². The number of primary amides is 1. The fraction of sp³-hybridized carbons (Fsp3) is 0.529. The van der Waals surface area contributed by atoms with Gasteiger partial charge >= 0.3 is 0 Å². The molecule has 2 amide bonds. The van der Waals surface area contributed by atoms with Crippen molar-refractivity contribution in [3.63, 3.8) is 0 Å². The van der Waals surface area contributed by atoms with E-state index in [1.807, 2.05) is 0 Å². The normalized spacial score (nSPS) is 25.0. The van der Waals surface area contributed by atoms with E-state index in [9.17, 15) is 14.0 Å². The van der Waals surface area contributed by atoms with Gasteiger partial charge in [-0.2, -0.15) is 0 Å². The van der Waals surface area contributed by atoms with Gasteiger partial charge in [-0.15, -0.1) is 0 Å². The Bertz CT molecular complexity index is 626. The molecule has 0 bridgehead atoms. The van der Waals surface area contributed by atoms with Crippen molar-refractivity contribution < 1.29 is 18.7 Å². The van der Waals surface area contributed by atoms with Crippen molar-refractivity contribution in [2.24, 2.45) is 17.6 Å². The molecule has 0 unspecified atom stereocenters. The van der Waals surface area contributed by atoms with Crippen LogP contribution in [0.2, 0.25) is 5.02 Å². The van der Waals surface area contributed by atoms with Crippen LogP contribution in [0.15, 0.2) is 18.2 Å². The quantitative estimate of drug-likeness (QED) is 0.904. The average Bonchev–Trinajstić information content (AvgIpc) is 3.03. The first-order chi connectivity index (χ1) is 11.5. The third-order valence-corrected chi connectivity index (χ3v) is 5.12. The Kier molecular flexibility index (Phi) is 5.06. The molecule has 7 heteroatoms. The maximum absolute atomic E-state index is 13.4. The zero-order valence-electron chi connectivity index (χ0n) is 13.2. The summed E-state index contributed by atoms with van der Waals surface area (Å²) in [4.78, 5) is 25.7. The molecule has 0 aliphatic carbocycles. The van der Waals surface area contributed by atoms with Gasteiger partial charge in [-0.1, -0.05) is 11.6 Å². The maximum Gasteiger partial charge on any atom is 0.254 e. The number of benzene rings is 1. The minimum atomic E-state index is -0.524. The van der Waals surface area contributed by atoms with Crippen LogP contribution in [-0.2, 0) is 9.53 Å². The molecule has 2 heterocycles. The molecule has 2 fully saturated rings. The Morgan fingerprint density at radius 2 is 1.92 bits per heavy atom. The number of hydrogen-bond donors (Lipinski definition) is 1. The Hall–Kier alpha value is -1.66. The molecule has 1 aromatic rings. The standard InChI is InChI=1S/C17H20ClFN2O3/c18-12-7-11(8-13(19)9-12)17(23)21-4-1-10(2-5-21)15-14(16(20)22)3-6-24-15/h7-10,14-15H,1-6H2,(H2,20,22)/t14-,15+/m0/s1. The Balaban J connectivity index is 1.62. The highest BCUT2D eigenvalue weighted by atomic mass is 35.5. The van der Waals surface area contributed by atoms with E-state index in [2.05, 4.69) is 0 Å². The molecule has 3 rings (SSSR count). The van der Waals surface area contributed by atoms with Crippen LogP contribution in [0.3, 0.4) is 0 Å². The summed E-state index contributed by atoms with van der Waals surface area (Å²) in [5.41, 5.74) is 5.70. The SMILES string of the molecule is NC(=O)[C@H]1CCO[C@@H]1C1CCN(C(=O)c2cc(F)cc(Cl)c2)CC1. The summed E-state index contributed by atoms with van der Waals surface area (Å²) in [5, 5.41) is 0.205. The van der Waals surface area contributed by atoms with E-state index >= 15 is 0 Å². The van der Waals surface area contributed by atoms with E-state index in [0.717, 1.165) is 12.8 Å². The number of hydrogen-bond acceptors (Lipinski definition) is 3. The summed E-state index contributed by atoms with van der Waals surface area (Å²) in [7, 11) is 0. The molecule has 1 aromatic carbocycles. The highest BCUT2D eigenvalue weighted by molar-refractivity contribution is 6.31. The van der Waals surface area contributed by atoms with E-state index in [1.54, 1.807) is 4.90 Å². The highest BCUT2D eigenvalue weighted by Crippen LogP contribution is 2.33. The van der Waals surface area contributed by atoms with E-state index in [-0.39, 0.29) is 40.3 Å². The van der Waals surface area contributed by atoms with Gasteiger partial charge in [0, 0.05) is 30.3 Å². The van der Waals surface area contributed by atoms with Crippen LogP contribution in [0.1, 0.15) is 29.6 Å². The van der Waals surface area contributed by atoms with Crippen LogP contribution in [-0.4, -0.2) is 42.5 Å². The van der Waals surface area contributed by atoms with Gasteiger partial charge < -0.3 is 15.4 Å². The monoisotopic (exact) mass is 354 g/mol. The number of ether oxygens (including phenoxy) is 1. The minimum Gasteiger partial charge on any atom is -0.377 e. The molecule has 2 aliphatic heterocycles. The van der Waals surface area contributed by atoms with Crippen molar-refractivity contribution in [3.05, 3.63) is 34.6 Å². The van der Waals surface area contributed by atoms with Crippen molar-refractivity contribution in [2.45, 2.75) is 25.4 Å². The van der Waals surface area contributed by atoms with Crippen LogP contribution in [0.4, 0.5) is 4.39 Å². The zero-order valence-corrected chi connectivity index (χ0v) is 14.0. The second-order valence-corrected chi connectivity index (χ2v) is 6.86. The van der Waals surface area contributed by atoms with E-state index in [1.165, 1.54) is 18.2 Å². The van der Waals surface area contributed by atoms with Crippen molar-refractivity contribution in [1.29, 1.82) is 0 Å². The van der Waals surface area contributed by atoms with Gasteiger partial charge in [0.05, 0.1) is 12.0 Å². The van der Waals surface area contributed by atoms with Gasteiger partial charge in [0.2, 0.25) is 5.91 Å². The highest BCUT2D eigenvalue weighted by Gasteiger charge is 2.39. The Morgan fingerprint density at radius 3 is 2.54 bits per heavy atom. The number of likely N-dealkylation sites (tertiary alicyclic amines) is 1. The number of carbonyl (C=O) groups excluding carboxylic acids is 2. The fourth-order valence-electron chi connectivity index (χ4n) is 3.67. The van der Waals surface area contributed by atoms with Crippen molar-refractivity contribution >= 4 is 23.4 Å². The van der Waals surface area contributed by atoms with Crippen LogP contribution >= 0.6 is 11.6 Å². The second kappa shape index (κ2) is 7.07. The lowest BCUT2D eigenvalue weighted by Gasteiger charge is -2.35. The first-order valence-corrected chi connectivity index (χ1v) is 8.50. The topological polar surface area (TPSA) is 72.6 Å². The summed E-state index contributed by atoms with van der Waals surface area (Å²) >= 11 is 5.82. The molecule has 2 saturated heterocycles. The molecule has 2 aliphatic rings. The summed E-state index contributed by atoms with van der Waals surface area (Å²) in [6.07, 6.45) is 2.00. The predicted molar refractivity (Wildman–Crippen MR) is 87.1 cm³/mol. The molecule has 0 aromatic heterocycles. The lowest BCUT2D eigenvalue weighted by molar-refractivity contribution is -0.124. The maximum atomic E-state index is 13.4. The fourth-order valence-corrected chi connectivity index (χ4v) is 3.89. The van der Waals surface area contributed by atoms with E-state index in [4.69, 9.17) is 22.1 Å². The van der Waals surface area contributed by atoms with Crippen LogP contribution < -0.4 is 5.73 Å². The Morgan fingerprint density at radius 1 is 1.21 bits per heavy atom. The number of piperidine rings is 1. The van der Waals surface area contributed by atoms with Crippen LogP contribution in [0.25, 0.3) is 0 Å². The minimum absolute atomic E-state index is 0.150.